The molecule has 3 heteroatoms. The summed E-state index contributed by atoms with van der Waals surface area (Å²) in [6.07, 6.45) is 0. The molecule has 19 heavy (non-hydrogen) atoms. The van der Waals surface area contributed by atoms with Gasteiger partial charge in [0.1, 0.15) is 0 Å². The summed E-state index contributed by atoms with van der Waals surface area (Å²) >= 11 is 0. The van der Waals surface area contributed by atoms with Gasteiger partial charge >= 0.3 is 0 Å². The molecule has 2 aromatic rings. The second-order valence-corrected chi connectivity index (χ2v) is 5.03. The maximum atomic E-state index is 4.55. The third-order valence-corrected chi connectivity index (χ3v) is 3.06. The summed E-state index contributed by atoms with van der Waals surface area (Å²) in [7, 11) is 0. The van der Waals surface area contributed by atoms with Crippen molar-refractivity contribution in [1.82, 2.24) is 9.97 Å². The van der Waals surface area contributed by atoms with Crippen LogP contribution in [0.25, 0.3) is 11.3 Å². The van der Waals surface area contributed by atoms with Gasteiger partial charge < -0.3 is 5.32 Å². The Morgan fingerprint density at radius 3 is 2.37 bits per heavy atom. The first-order chi connectivity index (χ1) is 9.10. The van der Waals surface area contributed by atoms with Crippen molar-refractivity contribution in [2.75, 3.05) is 11.9 Å². The molecule has 2 rings (SSSR count). The van der Waals surface area contributed by atoms with E-state index in [0.717, 1.165) is 23.5 Å². The molecular formula is C16H21N3. The molecule has 0 unspecified atom stereocenters. The highest BCUT2D eigenvalue weighted by Gasteiger charge is 2.05. The second kappa shape index (κ2) is 5.83. The highest BCUT2D eigenvalue weighted by atomic mass is 15.1. The zero-order valence-corrected chi connectivity index (χ0v) is 12.1. The van der Waals surface area contributed by atoms with Crippen LogP contribution in [0.15, 0.2) is 30.3 Å². The summed E-state index contributed by atoms with van der Waals surface area (Å²) in [4.78, 5) is 8.92. The molecule has 0 aliphatic carbocycles. The largest absolute Gasteiger partial charge is 0.354 e. The summed E-state index contributed by atoms with van der Waals surface area (Å²) < 4.78 is 0. The van der Waals surface area contributed by atoms with E-state index in [2.05, 4.69) is 53.4 Å². The number of hydrogen-bond acceptors (Lipinski definition) is 3. The average molecular weight is 255 g/mol. The van der Waals surface area contributed by atoms with Crippen molar-refractivity contribution < 1.29 is 0 Å². The minimum absolute atomic E-state index is 0.554. The zero-order valence-electron chi connectivity index (χ0n) is 12.1. The molecule has 1 aromatic carbocycles. The van der Waals surface area contributed by atoms with Gasteiger partial charge in [0.05, 0.1) is 5.69 Å². The monoisotopic (exact) mass is 255 g/mol. The Hall–Kier alpha value is -1.90. The van der Waals surface area contributed by atoms with E-state index < -0.39 is 0 Å². The number of anilines is 1. The van der Waals surface area contributed by atoms with Gasteiger partial charge in [0.25, 0.3) is 0 Å². The molecule has 0 atom stereocenters. The number of aryl methyl sites for hydroxylation is 1. The van der Waals surface area contributed by atoms with E-state index in [0.29, 0.717) is 11.9 Å². The summed E-state index contributed by atoms with van der Waals surface area (Å²) in [5.74, 6) is 1.25. The van der Waals surface area contributed by atoms with Crippen molar-refractivity contribution in [2.45, 2.75) is 33.6 Å². The van der Waals surface area contributed by atoms with Crippen molar-refractivity contribution >= 4 is 5.95 Å². The van der Waals surface area contributed by atoms with Gasteiger partial charge in [0, 0.05) is 17.8 Å². The van der Waals surface area contributed by atoms with Crippen molar-refractivity contribution in [1.29, 1.82) is 0 Å². The first-order valence-electron chi connectivity index (χ1n) is 6.80. The van der Waals surface area contributed by atoms with E-state index in [4.69, 9.17) is 0 Å². The second-order valence-electron chi connectivity index (χ2n) is 5.03. The van der Waals surface area contributed by atoms with Crippen LogP contribution in [0, 0.1) is 6.92 Å². The van der Waals surface area contributed by atoms with Crippen molar-refractivity contribution in [2.24, 2.45) is 0 Å². The lowest BCUT2D eigenvalue weighted by molar-refractivity contribution is 0.867. The molecule has 100 valence electrons. The Morgan fingerprint density at radius 1 is 1.11 bits per heavy atom. The first kappa shape index (κ1) is 13.5. The molecular weight excluding hydrogens is 234 g/mol. The molecule has 0 aliphatic heterocycles. The van der Waals surface area contributed by atoms with Gasteiger partial charge in [0.2, 0.25) is 5.95 Å². The third kappa shape index (κ3) is 3.31. The van der Waals surface area contributed by atoms with Crippen LogP contribution in [-0.2, 0) is 0 Å². The minimum atomic E-state index is 0.554. The summed E-state index contributed by atoms with van der Waals surface area (Å²) in [5, 5.41) is 3.17. The molecule has 0 spiro atoms. The predicted octanol–water partition coefficient (Wildman–Crippen LogP) is 4.01. The third-order valence-electron chi connectivity index (χ3n) is 3.06. The molecule has 0 amide bonds. The molecule has 0 aliphatic rings. The smallest absolute Gasteiger partial charge is 0.223 e. The van der Waals surface area contributed by atoms with Crippen molar-refractivity contribution in [3.8, 4) is 11.3 Å². The fourth-order valence-corrected chi connectivity index (χ4v) is 1.99. The molecule has 1 N–H and O–H groups in total. The SMILES string of the molecule is CCNc1nc(C)cc(-c2ccc(C(C)C)cc2)n1. The average Bonchev–Trinajstić information content (AvgIpc) is 2.38. The van der Waals surface area contributed by atoms with Crippen LogP contribution in [0.4, 0.5) is 5.95 Å². The molecule has 0 radical (unpaired) electrons. The number of rotatable bonds is 4. The molecule has 0 fully saturated rings. The molecule has 3 nitrogen and oxygen atoms in total. The Balaban J connectivity index is 2.35. The first-order valence-corrected chi connectivity index (χ1v) is 6.80. The van der Waals surface area contributed by atoms with E-state index in [1.165, 1.54) is 5.56 Å². The zero-order chi connectivity index (χ0) is 13.8. The van der Waals surface area contributed by atoms with E-state index >= 15 is 0 Å². The van der Waals surface area contributed by atoms with Gasteiger partial charge in [-0.3, -0.25) is 0 Å². The van der Waals surface area contributed by atoms with Crippen LogP contribution in [0.1, 0.15) is 37.9 Å². The Kier molecular flexibility index (Phi) is 4.15. The standard InChI is InChI=1S/C16H21N3/c1-5-17-16-18-12(4)10-15(19-16)14-8-6-13(7-9-14)11(2)3/h6-11H,5H2,1-4H3,(H,17,18,19). The molecule has 0 saturated carbocycles. The number of benzene rings is 1. The maximum absolute atomic E-state index is 4.55. The quantitative estimate of drug-likeness (QED) is 0.897. The van der Waals surface area contributed by atoms with E-state index in [1.54, 1.807) is 0 Å². The summed E-state index contributed by atoms with van der Waals surface area (Å²) in [5.41, 5.74) is 4.43. The lowest BCUT2D eigenvalue weighted by Crippen LogP contribution is -2.03. The van der Waals surface area contributed by atoms with Gasteiger partial charge in [-0.15, -0.1) is 0 Å². The lowest BCUT2D eigenvalue weighted by Gasteiger charge is -2.09. The fraction of sp³-hybridized carbons (Fsp3) is 0.375. The van der Waals surface area contributed by atoms with Gasteiger partial charge in [-0.1, -0.05) is 38.1 Å². The van der Waals surface area contributed by atoms with Gasteiger partial charge in [-0.2, -0.15) is 0 Å². The van der Waals surface area contributed by atoms with Crippen LogP contribution in [0.2, 0.25) is 0 Å². The molecule has 0 saturated heterocycles. The Bertz CT molecular complexity index is 544. The van der Waals surface area contributed by atoms with Crippen molar-refractivity contribution in [3.05, 3.63) is 41.6 Å². The van der Waals surface area contributed by atoms with Crippen LogP contribution < -0.4 is 5.32 Å². The van der Waals surface area contributed by atoms with Crippen LogP contribution >= 0.6 is 0 Å². The van der Waals surface area contributed by atoms with E-state index in [9.17, 15) is 0 Å². The van der Waals surface area contributed by atoms with Crippen molar-refractivity contribution in [3.63, 3.8) is 0 Å². The Labute approximate surface area is 115 Å². The van der Waals surface area contributed by atoms with Crippen LogP contribution in [-0.4, -0.2) is 16.5 Å². The van der Waals surface area contributed by atoms with Gasteiger partial charge in [-0.25, -0.2) is 9.97 Å². The number of nitrogens with one attached hydrogen (secondary N) is 1. The maximum Gasteiger partial charge on any atom is 0.223 e. The fourth-order valence-electron chi connectivity index (χ4n) is 1.99. The van der Waals surface area contributed by atoms with E-state index in [-0.39, 0.29) is 0 Å². The molecule has 1 aromatic heterocycles. The summed E-state index contributed by atoms with van der Waals surface area (Å²) in [6.45, 7) is 9.27. The number of hydrogen-bond donors (Lipinski definition) is 1. The van der Waals surface area contributed by atoms with E-state index in [1.807, 2.05) is 19.9 Å². The Morgan fingerprint density at radius 2 is 1.79 bits per heavy atom. The summed E-state index contributed by atoms with van der Waals surface area (Å²) in [6, 6.07) is 10.6. The topological polar surface area (TPSA) is 37.8 Å². The number of aromatic nitrogens is 2. The van der Waals surface area contributed by atoms with Gasteiger partial charge in [0.15, 0.2) is 0 Å². The normalized spacial score (nSPS) is 10.8. The lowest BCUT2D eigenvalue weighted by atomic mass is 10.0. The van der Waals surface area contributed by atoms with Crippen LogP contribution in [0.5, 0.6) is 0 Å². The highest BCUT2D eigenvalue weighted by Crippen LogP contribution is 2.22. The van der Waals surface area contributed by atoms with Crippen LogP contribution in [0.3, 0.4) is 0 Å². The van der Waals surface area contributed by atoms with Gasteiger partial charge in [-0.05, 0) is 31.4 Å². The number of nitrogens with zero attached hydrogens (tertiary/aromatic N) is 2. The molecule has 0 bridgehead atoms. The highest BCUT2D eigenvalue weighted by molar-refractivity contribution is 5.61. The molecule has 1 heterocycles. The minimum Gasteiger partial charge on any atom is -0.354 e. The predicted molar refractivity (Wildman–Crippen MR) is 80.5 cm³/mol.